The standard InChI is InChI=1S/C22H13BrN2O4S/c1-28-19-8-12(7-16(23)20(19)26)6-14(10-24)21-25-17(11-30-21)15-9-13-4-2-3-5-18(13)29-22(15)27/h2-9,11,26H,1H3. The number of nitriles is 1. The van der Waals surface area contributed by atoms with Gasteiger partial charge in [-0.2, -0.15) is 5.26 Å². The summed E-state index contributed by atoms with van der Waals surface area (Å²) in [7, 11) is 1.45. The number of fused-ring (bicyclic) bond motifs is 1. The minimum atomic E-state index is -0.486. The molecule has 4 rings (SSSR count). The average Bonchev–Trinajstić information content (AvgIpc) is 3.23. The van der Waals surface area contributed by atoms with E-state index in [0.29, 0.717) is 37.5 Å². The smallest absolute Gasteiger partial charge is 0.345 e. The van der Waals surface area contributed by atoms with Crippen LogP contribution in [0.15, 0.2) is 61.5 Å². The molecule has 148 valence electrons. The molecule has 0 saturated heterocycles. The minimum Gasteiger partial charge on any atom is -0.503 e. The summed E-state index contributed by atoms with van der Waals surface area (Å²) in [6.45, 7) is 0. The predicted molar refractivity (Wildman–Crippen MR) is 119 cm³/mol. The van der Waals surface area contributed by atoms with Crippen molar-refractivity contribution in [3.63, 3.8) is 0 Å². The van der Waals surface area contributed by atoms with E-state index >= 15 is 0 Å². The van der Waals surface area contributed by atoms with Crippen LogP contribution in [0.4, 0.5) is 0 Å². The SMILES string of the molecule is COc1cc(C=C(C#N)c2nc(-c3cc4ccccc4oc3=O)cs2)cc(Br)c1O. The molecule has 0 aliphatic rings. The third kappa shape index (κ3) is 3.73. The van der Waals surface area contributed by atoms with Gasteiger partial charge < -0.3 is 14.3 Å². The Morgan fingerprint density at radius 3 is 2.90 bits per heavy atom. The first-order valence-corrected chi connectivity index (χ1v) is 10.3. The Balaban J connectivity index is 1.75. The van der Waals surface area contributed by atoms with Gasteiger partial charge in [-0.05, 0) is 51.8 Å². The van der Waals surface area contributed by atoms with Gasteiger partial charge in [-0.1, -0.05) is 18.2 Å². The molecule has 0 bridgehead atoms. The predicted octanol–water partition coefficient (Wildman–Crippen LogP) is 5.46. The number of aromatic nitrogens is 1. The molecule has 8 heteroatoms. The number of rotatable bonds is 4. The Hall–Kier alpha value is -3.41. The van der Waals surface area contributed by atoms with E-state index in [1.54, 1.807) is 41.8 Å². The van der Waals surface area contributed by atoms with Crippen molar-refractivity contribution in [3.05, 3.63) is 73.3 Å². The molecule has 4 aromatic rings. The molecule has 0 fully saturated rings. The maximum Gasteiger partial charge on any atom is 0.345 e. The van der Waals surface area contributed by atoms with Crippen molar-refractivity contribution in [1.82, 2.24) is 4.98 Å². The fourth-order valence-corrected chi connectivity index (χ4v) is 4.15. The molecule has 0 spiro atoms. The fourth-order valence-electron chi connectivity index (χ4n) is 2.90. The van der Waals surface area contributed by atoms with E-state index in [4.69, 9.17) is 9.15 Å². The lowest BCUT2D eigenvalue weighted by atomic mass is 10.1. The van der Waals surface area contributed by atoms with Crippen LogP contribution >= 0.6 is 27.3 Å². The molecule has 30 heavy (non-hydrogen) atoms. The van der Waals surface area contributed by atoms with E-state index in [9.17, 15) is 15.2 Å². The summed E-state index contributed by atoms with van der Waals surface area (Å²) in [5.41, 5.74) is 1.76. The molecule has 0 amide bonds. The number of thiazole rings is 1. The zero-order chi connectivity index (χ0) is 21.3. The maximum absolute atomic E-state index is 12.4. The zero-order valence-corrected chi connectivity index (χ0v) is 18.0. The highest BCUT2D eigenvalue weighted by atomic mass is 79.9. The lowest BCUT2D eigenvalue weighted by Crippen LogP contribution is -2.02. The van der Waals surface area contributed by atoms with Gasteiger partial charge in [0.15, 0.2) is 11.5 Å². The number of phenolic OH excluding ortho intramolecular Hbond substituents is 1. The number of ether oxygens (including phenoxy) is 1. The number of halogens is 1. The minimum absolute atomic E-state index is 0.0206. The van der Waals surface area contributed by atoms with Crippen LogP contribution in [0, 0.1) is 11.3 Å². The van der Waals surface area contributed by atoms with Crippen molar-refractivity contribution in [2.45, 2.75) is 0 Å². The van der Waals surface area contributed by atoms with E-state index < -0.39 is 5.63 Å². The van der Waals surface area contributed by atoms with Gasteiger partial charge >= 0.3 is 5.63 Å². The zero-order valence-electron chi connectivity index (χ0n) is 15.5. The first kappa shape index (κ1) is 19.9. The molecule has 1 N–H and O–H groups in total. The normalized spacial score (nSPS) is 11.4. The Morgan fingerprint density at radius 2 is 2.13 bits per heavy atom. The Kier molecular flexibility index (Phi) is 5.40. The molecule has 0 unspecified atom stereocenters. The molecule has 0 aliphatic heterocycles. The Morgan fingerprint density at radius 1 is 1.33 bits per heavy atom. The highest BCUT2D eigenvalue weighted by Gasteiger charge is 2.15. The van der Waals surface area contributed by atoms with Crippen molar-refractivity contribution >= 4 is 49.9 Å². The monoisotopic (exact) mass is 480 g/mol. The molecule has 0 aliphatic carbocycles. The van der Waals surface area contributed by atoms with Crippen molar-refractivity contribution in [2.24, 2.45) is 0 Å². The lowest BCUT2D eigenvalue weighted by Gasteiger charge is -2.06. The molecular weight excluding hydrogens is 468 g/mol. The summed E-state index contributed by atoms with van der Waals surface area (Å²) in [5, 5.41) is 22.6. The number of nitrogens with zero attached hydrogens (tertiary/aromatic N) is 2. The number of phenols is 1. The average molecular weight is 481 g/mol. The topological polar surface area (TPSA) is 96.4 Å². The molecule has 0 saturated carbocycles. The van der Waals surface area contributed by atoms with Gasteiger partial charge in [0.1, 0.15) is 16.7 Å². The van der Waals surface area contributed by atoms with Crippen LogP contribution < -0.4 is 10.4 Å². The molecule has 0 atom stereocenters. The van der Waals surface area contributed by atoms with Crippen LogP contribution in [0.5, 0.6) is 11.5 Å². The molecule has 2 heterocycles. The first-order chi connectivity index (χ1) is 14.5. The first-order valence-electron chi connectivity index (χ1n) is 8.67. The van der Waals surface area contributed by atoms with E-state index in [1.807, 2.05) is 12.1 Å². The third-order valence-electron chi connectivity index (χ3n) is 4.35. The van der Waals surface area contributed by atoms with E-state index in [2.05, 4.69) is 27.0 Å². The lowest BCUT2D eigenvalue weighted by molar-refractivity contribution is 0.372. The van der Waals surface area contributed by atoms with Crippen molar-refractivity contribution in [1.29, 1.82) is 5.26 Å². The Labute approximate surface area is 183 Å². The summed E-state index contributed by atoms with van der Waals surface area (Å²) < 4.78 is 11.0. The van der Waals surface area contributed by atoms with Crippen LogP contribution in [-0.4, -0.2) is 17.2 Å². The number of benzene rings is 2. The second-order valence-electron chi connectivity index (χ2n) is 6.25. The summed E-state index contributed by atoms with van der Waals surface area (Å²) >= 11 is 4.52. The maximum atomic E-state index is 12.4. The summed E-state index contributed by atoms with van der Waals surface area (Å²) in [5.74, 6) is 0.259. The molecule has 2 aromatic carbocycles. The van der Waals surface area contributed by atoms with Crippen LogP contribution in [0.25, 0.3) is 33.9 Å². The second kappa shape index (κ2) is 8.14. The molecule has 2 aromatic heterocycles. The highest BCUT2D eigenvalue weighted by molar-refractivity contribution is 9.10. The summed E-state index contributed by atoms with van der Waals surface area (Å²) in [4.78, 5) is 16.9. The summed E-state index contributed by atoms with van der Waals surface area (Å²) in [6.07, 6.45) is 1.64. The number of hydrogen-bond donors (Lipinski definition) is 1. The van der Waals surface area contributed by atoms with Crippen LogP contribution in [0.3, 0.4) is 0 Å². The van der Waals surface area contributed by atoms with Crippen molar-refractivity contribution in [2.75, 3.05) is 7.11 Å². The fraction of sp³-hybridized carbons (Fsp3) is 0.0455. The number of allylic oxidation sites excluding steroid dienone is 1. The molecule has 6 nitrogen and oxygen atoms in total. The van der Waals surface area contributed by atoms with Gasteiger partial charge in [-0.25, -0.2) is 9.78 Å². The van der Waals surface area contributed by atoms with Gasteiger partial charge in [0, 0.05) is 10.8 Å². The number of methoxy groups -OCH3 is 1. The number of aromatic hydroxyl groups is 1. The van der Waals surface area contributed by atoms with Crippen LogP contribution in [0.2, 0.25) is 0 Å². The van der Waals surface area contributed by atoms with Gasteiger partial charge in [-0.15, -0.1) is 11.3 Å². The summed E-state index contributed by atoms with van der Waals surface area (Å²) in [6, 6.07) is 14.4. The van der Waals surface area contributed by atoms with E-state index in [0.717, 1.165) is 5.39 Å². The number of para-hydroxylation sites is 1. The van der Waals surface area contributed by atoms with Crippen LogP contribution in [0.1, 0.15) is 10.6 Å². The molecule has 0 radical (unpaired) electrons. The van der Waals surface area contributed by atoms with E-state index in [1.165, 1.54) is 18.4 Å². The number of hydrogen-bond acceptors (Lipinski definition) is 7. The second-order valence-corrected chi connectivity index (χ2v) is 7.96. The quantitative estimate of drug-likeness (QED) is 0.307. The third-order valence-corrected chi connectivity index (χ3v) is 5.83. The van der Waals surface area contributed by atoms with Crippen molar-refractivity contribution < 1.29 is 14.3 Å². The highest BCUT2D eigenvalue weighted by Crippen LogP contribution is 2.36. The van der Waals surface area contributed by atoms with Gasteiger partial charge in [0.05, 0.1) is 28.4 Å². The largest absolute Gasteiger partial charge is 0.503 e. The van der Waals surface area contributed by atoms with Gasteiger partial charge in [0.25, 0.3) is 0 Å². The van der Waals surface area contributed by atoms with Crippen LogP contribution in [-0.2, 0) is 0 Å². The molecular formula is C22H13BrN2O4S. The van der Waals surface area contributed by atoms with Gasteiger partial charge in [-0.3, -0.25) is 0 Å². The van der Waals surface area contributed by atoms with Gasteiger partial charge in [0.2, 0.25) is 0 Å². The van der Waals surface area contributed by atoms with Crippen molar-refractivity contribution in [3.8, 4) is 28.8 Å². The van der Waals surface area contributed by atoms with E-state index in [-0.39, 0.29) is 11.5 Å². The Bertz CT molecular complexity index is 1400.